The van der Waals surface area contributed by atoms with E-state index in [1.54, 1.807) is 0 Å². The van der Waals surface area contributed by atoms with Gasteiger partial charge >= 0.3 is 0 Å². The molecule has 0 saturated heterocycles. The molecular formula is C12H15IN2S. The number of nitrogens with zero attached hydrogens (tertiary/aromatic N) is 1. The molecule has 2 rings (SSSR count). The van der Waals surface area contributed by atoms with Gasteiger partial charge in [0.15, 0.2) is 5.17 Å². The van der Waals surface area contributed by atoms with E-state index in [0.717, 1.165) is 16.6 Å². The summed E-state index contributed by atoms with van der Waals surface area (Å²) in [5.74, 6) is 1.73. The molecule has 16 heavy (non-hydrogen) atoms. The first-order valence-corrected chi connectivity index (χ1v) is 7.45. The molecule has 1 aromatic rings. The number of hydrogen-bond donors (Lipinski definition) is 1. The topological polar surface area (TPSA) is 24.4 Å². The van der Waals surface area contributed by atoms with Crippen molar-refractivity contribution in [2.75, 3.05) is 11.1 Å². The number of aliphatic imine (C=N–C) groups is 1. The molecule has 1 atom stereocenters. The Bertz CT molecular complexity index is 387. The van der Waals surface area contributed by atoms with Gasteiger partial charge in [0.2, 0.25) is 0 Å². The van der Waals surface area contributed by atoms with Gasteiger partial charge in [-0.1, -0.05) is 25.6 Å². The molecule has 0 amide bonds. The van der Waals surface area contributed by atoms with Gasteiger partial charge < -0.3 is 5.32 Å². The van der Waals surface area contributed by atoms with Gasteiger partial charge in [-0.2, -0.15) is 0 Å². The second-order valence-electron chi connectivity index (χ2n) is 4.19. The van der Waals surface area contributed by atoms with E-state index in [9.17, 15) is 0 Å². The molecule has 0 spiro atoms. The quantitative estimate of drug-likeness (QED) is 0.823. The van der Waals surface area contributed by atoms with E-state index >= 15 is 0 Å². The lowest BCUT2D eigenvalue weighted by Gasteiger charge is -2.08. The molecule has 86 valence electrons. The molecule has 0 bridgehead atoms. The van der Waals surface area contributed by atoms with Crippen LogP contribution >= 0.6 is 34.4 Å². The van der Waals surface area contributed by atoms with E-state index in [0.29, 0.717) is 12.0 Å². The molecule has 0 aromatic heterocycles. The Morgan fingerprint density at radius 1 is 1.38 bits per heavy atom. The third-order valence-corrected chi connectivity index (χ3v) is 4.25. The van der Waals surface area contributed by atoms with Gasteiger partial charge in [0, 0.05) is 15.0 Å². The Labute approximate surface area is 114 Å². The Hall–Kier alpha value is -0.230. The molecule has 2 nitrogen and oxygen atoms in total. The fraction of sp³-hybridized carbons (Fsp3) is 0.417. The Morgan fingerprint density at radius 3 is 2.62 bits per heavy atom. The highest BCUT2D eigenvalue weighted by molar-refractivity contribution is 14.1. The summed E-state index contributed by atoms with van der Waals surface area (Å²) in [6.07, 6.45) is 0. The SMILES string of the molecule is CC(C)[C@H]1CSC(Nc2ccc(I)cc2)=N1. The number of benzene rings is 1. The molecule has 1 heterocycles. The standard InChI is InChI=1S/C12H15IN2S/c1-8(2)11-7-16-12(15-11)14-10-5-3-9(13)4-6-10/h3-6,8,11H,7H2,1-2H3,(H,14,15)/t11-/m1/s1. The van der Waals surface area contributed by atoms with Crippen LogP contribution in [0.1, 0.15) is 13.8 Å². The van der Waals surface area contributed by atoms with Crippen LogP contribution in [0.3, 0.4) is 0 Å². The number of hydrogen-bond acceptors (Lipinski definition) is 3. The van der Waals surface area contributed by atoms with Crippen LogP contribution in [0, 0.1) is 9.49 Å². The van der Waals surface area contributed by atoms with Crippen molar-refractivity contribution < 1.29 is 0 Å². The average molecular weight is 346 g/mol. The predicted molar refractivity (Wildman–Crippen MR) is 81.3 cm³/mol. The summed E-state index contributed by atoms with van der Waals surface area (Å²) >= 11 is 4.12. The number of rotatable bonds is 2. The molecule has 1 aromatic carbocycles. The first-order valence-electron chi connectivity index (χ1n) is 5.38. The summed E-state index contributed by atoms with van der Waals surface area (Å²) in [7, 11) is 0. The second-order valence-corrected chi connectivity index (χ2v) is 6.44. The first-order chi connectivity index (χ1) is 7.65. The number of amidine groups is 1. The Balaban J connectivity index is 2.01. The van der Waals surface area contributed by atoms with Crippen LogP contribution in [-0.2, 0) is 0 Å². The minimum Gasteiger partial charge on any atom is -0.335 e. The Kier molecular flexibility index (Phi) is 4.13. The van der Waals surface area contributed by atoms with Crippen molar-refractivity contribution in [3.05, 3.63) is 27.8 Å². The maximum atomic E-state index is 4.67. The van der Waals surface area contributed by atoms with Crippen LogP contribution < -0.4 is 5.32 Å². The van der Waals surface area contributed by atoms with Crippen LogP contribution in [0.2, 0.25) is 0 Å². The summed E-state index contributed by atoms with van der Waals surface area (Å²) in [6, 6.07) is 8.85. The fourth-order valence-electron chi connectivity index (χ4n) is 1.46. The van der Waals surface area contributed by atoms with Crippen LogP contribution in [0.15, 0.2) is 29.3 Å². The van der Waals surface area contributed by atoms with Crippen LogP contribution in [0.25, 0.3) is 0 Å². The number of anilines is 1. The summed E-state index contributed by atoms with van der Waals surface area (Å²) in [6.45, 7) is 4.45. The van der Waals surface area contributed by atoms with Crippen LogP contribution in [0.4, 0.5) is 5.69 Å². The van der Waals surface area contributed by atoms with Crippen molar-refractivity contribution in [2.45, 2.75) is 19.9 Å². The van der Waals surface area contributed by atoms with Gasteiger partial charge in [-0.05, 0) is 52.8 Å². The van der Waals surface area contributed by atoms with Crippen molar-refractivity contribution >= 4 is 45.2 Å². The van der Waals surface area contributed by atoms with Crippen LogP contribution in [-0.4, -0.2) is 17.0 Å². The maximum absolute atomic E-state index is 4.67. The minimum atomic E-state index is 0.469. The number of nitrogens with one attached hydrogen (secondary N) is 1. The molecule has 1 aliphatic rings. The van der Waals surface area contributed by atoms with Crippen molar-refractivity contribution in [1.82, 2.24) is 0 Å². The molecule has 0 fully saturated rings. The van der Waals surface area contributed by atoms with E-state index < -0.39 is 0 Å². The zero-order valence-corrected chi connectivity index (χ0v) is 12.4. The lowest BCUT2D eigenvalue weighted by Crippen LogP contribution is -2.12. The molecule has 0 unspecified atom stereocenters. The summed E-state index contributed by atoms with van der Waals surface area (Å²) in [5, 5.41) is 4.42. The smallest absolute Gasteiger partial charge is 0.161 e. The van der Waals surface area contributed by atoms with Gasteiger partial charge in [-0.3, -0.25) is 4.99 Å². The fourth-order valence-corrected chi connectivity index (χ4v) is 3.00. The van der Waals surface area contributed by atoms with Crippen molar-refractivity contribution in [3.8, 4) is 0 Å². The number of thioether (sulfide) groups is 1. The van der Waals surface area contributed by atoms with E-state index in [4.69, 9.17) is 0 Å². The van der Waals surface area contributed by atoms with Crippen molar-refractivity contribution in [2.24, 2.45) is 10.9 Å². The zero-order chi connectivity index (χ0) is 11.5. The molecule has 0 radical (unpaired) electrons. The molecule has 0 saturated carbocycles. The third kappa shape index (κ3) is 3.13. The summed E-state index contributed by atoms with van der Waals surface area (Å²) in [5.41, 5.74) is 1.12. The molecule has 1 aliphatic heterocycles. The van der Waals surface area contributed by atoms with E-state index in [1.165, 1.54) is 3.57 Å². The minimum absolute atomic E-state index is 0.469. The van der Waals surface area contributed by atoms with E-state index in [-0.39, 0.29) is 0 Å². The van der Waals surface area contributed by atoms with Crippen LogP contribution in [0.5, 0.6) is 0 Å². The Morgan fingerprint density at radius 2 is 2.06 bits per heavy atom. The van der Waals surface area contributed by atoms with Gasteiger partial charge in [0.1, 0.15) is 0 Å². The highest BCUT2D eigenvalue weighted by atomic mass is 127. The second kappa shape index (κ2) is 5.40. The first kappa shape index (κ1) is 12.2. The monoisotopic (exact) mass is 346 g/mol. The van der Waals surface area contributed by atoms with Gasteiger partial charge in [0.05, 0.1) is 6.04 Å². The van der Waals surface area contributed by atoms with Gasteiger partial charge in [0.25, 0.3) is 0 Å². The van der Waals surface area contributed by atoms with E-state index in [1.807, 2.05) is 11.8 Å². The zero-order valence-electron chi connectivity index (χ0n) is 9.40. The largest absolute Gasteiger partial charge is 0.335 e. The maximum Gasteiger partial charge on any atom is 0.161 e. The third-order valence-electron chi connectivity index (χ3n) is 2.54. The summed E-state index contributed by atoms with van der Waals surface area (Å²) in [4.78, 5) is 4.67. The molecule has 1 N–H and O–H groups in total. The van der Waals surface area contributed by atoms with E-state index in [2.05, 4.69) is 71.0 Å². The van der Waals surface area contributed by atoms with Crippen molar-refractivity contribution in [1.29, 1.82) is 0 Å². The summed E-state index contributed by atoms with van der Waals surface area (Å²) < 4.78 is 1.25. The molecule has 0 aliphatic carbocycles. The lowest BCUT2D eigenvalue weighted by molar-refractivity contribution is 0.543. The molecular weight excluding hydrogens is 331 g/mol. The normalized spacial score (nSPS) is 20.0. The van der Waals surface area contributed by atoms with Gasteiger partial charge in [-0.25, -0.2) is 0 Å². The van der Waals surface area contributed by atoms with Gasteiger partial charge in [-0.15, -0.1) is 0 Å². The lowest BCUT2D eigenvalue weighted by atomic mass is 10.1. The average Bonchev–Trinajstić information content (AvgIpc) is 2.70. The highest BCUT2D eigenvalue weighted by Gasteiger charge is 2.20. The predicted octanol–water partition coefficient (Wildman–Crippen LogP) is 3.83. The highest BCUT2D eigenvalue weighted by Crippen LogP contribution is 2.24. The number of halogens is 1. The molecule has 4 heteroatoms. The van der Waals surface area contributed by atoms with Crippen molar-refractivity contribution in [3.63, 3.8) is 0 Å².